The lowest BCUT2D eigenvalue weighted by Crippen LogP contribution is -2.07. The number of amides is 1. The Labute approximate surface area is 94.9 Å². The summed E-state index contributed by atoms with van der Waals surface area (Å²) >= 11 is 0. The molecule has 1 aromatic rings. The lowest BCUT2D eigenvalue weighted by Gasteiger charge is -2.03. The van der Waals surface area contributed by atoms with E-state index in [1.807, 2.05) is 0 Å². The molecule has 2 unspecified atom stereocenters. The van der Waals surface area contributed by atoms with Crippen LogP contribution in [0.15, 0.2) is 24.3 Å². The minimum absolute atomic E-state index is 0.102. The Morgan fingerprint density at radius 2 is 1.81 bits per heavy atom. The quantitative estimate of drug-likeness (QED) is 0.790. The Bertz CT molecular complexity index is 422. The third-order valence-corrected chi connectivity index (χ3v) is 2.94. The molecule has 1 fully saturated rings. The smallest absolute Gasteiger partial charge is 0.221 e. The number of carbonyl (C=O) groups is 2. The van der Waals surface area contributed by atoms with E-state index in [2.05, 4.69) is 12.2 Å². The molecule has 0 heterocycles. The first-order valence-electron chi connectivity index (χ1n) is 5.50. The first-order chi connectivity index (χ1) is 7.58. The van der Waals surface area contributed by atoms with Gasteiger partial charge in [0.1, 0.15) is 0 Å². The van der Waals surface area contributed by atoms with Crippen LogP contribution in [-0.4, -0.2) is 11.7 Å². The molecular formula is C13H15NO2. The van der Waals surface area contributed by atoms with Crippen molar-refractivity contribution in [1.82, 2.24) is 0 Å². The van der Waals surface area contributed by atoms with Gasteiger partial charge in [-0.15, -0.1) is 0 Å². The molecule has 2 rings (SSSR count). The van der Waals surface area contributed by atoms with Gasteiger partial charge in [0.25, 0.3) is 0 Å². The van der Waals surface area contributed by atoms with Gasteiger partial charge in [0.2, 0.25) is 5.91 Å². The van der Waals surface area contributed by atoms with Crippen LogP contribution < -0.4 is 5.32 Å². The summed E-state index contributed by atoms with van der Waals surface area (Å²) < 4.78 is 0. The third-order valence-electron chi connectivity index (χ3n) is 2.94. The van der Waals surface area contributed by atoms with Gasteiger partial charge in [-0.25, -0.2) is 0 Å². The second-order valence-electron chi connectivity index (χ2n) is 4.44. The SMILES string of the molecule is CC(=O)Nc1ccc(C(=O)C2CC2C)cc1. The molecule has 2 atom stereocenters. The summed E-state index contributed by atoms with van der Waals surface area (Å²) in [6.45, 7) is 3.55. The van der Waals surface area contributed by atoms with Gasteiger partial charge in [0.05, 0.1) is 0 Å². The topological polar surface area (TPSA) is 46.2 Å². The second kappa shape index (κ2) is 4.08. The molecule has 0 radical (unpaired) electrons. The van der Waals surface area contributed by atoms with Crippen molar-refractivity contribution in [1.29, 1.82) is 0 Å². The molecule has 0 aliphatic heterocycles. The number of Topliss-reactive ketones (excluding diaryl/α,β-unsaturated/α-hetero) is 1. The number of anilines is 1. The first-order valence-corrected chi connectivity index (χ1v) is 5.50. The lowest BCUT2D eigenvalue weighted by atomic mass is 10.1. The van der Waals surface area contributed by atoms with E-state index in [0.717, 1.165) is 17.7 Å². The Morgan fingerprint density at radius 3 is 2.25 bits per heavy atom. The molecule has 1 N–H and O–H groups in total. The third kappa shape index (κ3) is 2.30. The predicted molar refractivity (Wildman–Crippen MR) is 62.3 cm³/mol. The summed E-state index contributed by atoms with van der Waals surface area (Å²) in [5.41, 5.74) is 1.47. The van der Waals surface area contributed by atoms with E-state index in [9.17, 15) is 9.59 Å². The molecule has 16 heavy (non-hydrogen) atoms. The molecule has 1 aliphatic carbocycles. The zero-order valence-corrected chi connectivity index (χ0v) is 9.49. The van der Waals surface area contributed by atoms with Crippen molar-refractivity contribution < 1.29 is 9.59 Å². The van der Waals surface area contributed by atoms with Gasteiger partial charge >= 0.3 is 0 Å². The van der Waals surface area contributed by atoms with Crippen LogP contribution in [0, 0.1) is 11.8 Å². The van der Waals surface area contributed by atoms with E-state index in [1.165, 1.54) is 6.92 Å². The highest BCUT2D eigenvalue weighted by atomic mass is 16.1. The fourth-order valence-corrected chi connectivity index (χ4v) is 1.82. The highest BCUT2D eigenvalue weighted by molar-refractivity contribution is 6.00. The fraction of sp³-hybridized carbons (Fsp3) is 0.385. The maximum Gasteiger partial charge on any atom is 0.221 e. The number of ketones is 1. The highest BCUT2D eigenvalue weighted by Crippen LogP contribution is 2.40. The van der Waals surface area contributed by atoms with E-state index in [1.54, 1.807) is 24.3 Å². The molecule has 1 saturated carbocycles. The molecule has 0 bridgehead atoms. The largest absolute Gasteiger partial charge is 0.326 e. The summed E-state index contributed by atoms with van der Waals surface area (Å²) in [6, 6.07) is 7.08. The fourth-order valence-electron chi connectivity index (χ4n) is 1.82. The number of rotatable bonds is 3. The molecule has 0 aromatic heterocycles. The Morgan fingerprint density at radius 1 is 1.25 bits per heavy atom. The van der Waals surface area contributed by atoms with Crippen molar-refractivity contribution >= 4 is 17.4 Å². The minimum atomic E-state index is -0.102. The van der Waals surface area contributed by atoms with Crippen molar-refractivity contribution in [3.8, 4) is 0 Å². The molecular weight excluding hydrogens is 202 g/mol. The zero-order chi connectivity index (χ0) is 11.7. The van der Waals surface area contributed by atoms with Crippen LogP contribution in [0.4, 0.5) is 5.69 Å². The Kier molecular flexibility index (Phi) is 2.77. The van der Waals surface area contributed by atoms with Crippen molar-refractivity contribution in [2.75, 3.05) is 5.32 Å². The van der Waals surface area contributed by atoms with Crippen molar-refractivity contribution in [3.05, 3.63) is 29.8 Å². The van der Waals surface area contributed by atoms with Crippen LogP contribution in [0.3, 0.4) is 0 Å². The average Bonchev–Trinajstić information content (AvgIpc) is 2.95. The summed E-state index contributed by atoms with van der Waals surface area (Å²) in [5.74, 6) is 0.867. The van der Waals surface area contributed by atoms with Gasteiger partial charge < -0.3 is 5.32 Å². The van der Waals surface area contributed by atoms with Gasteiger partial charge in [-0.05, 0) is 36.6 Å². The van der Waals surface area contributed by atoms with E-state index >= 15 is 0 Å². The second-order valence-corrected chi connectivity index (χ2v) is 4.44. The van der Waals surface area contributed by atoms with Crippen LogP contribution in [0.25, 0.3) is 0 Å². The zero-order valence-electron chi connectivity index (χ0n) is 9.49. The standard InChI is InChI=1S/C13H15NO2/c1-8-7-12(8)13(16)10-3-5-11(6-4-10)14-9(2)15/h3-6,8,12H,7H2,1-2H3,(H,14,15). The van der Waals surface area contributed by atoms with E-state index in [4.69, 9.17) is 0 Å². The van der Waals surface area contributed by atoms with Crippen LogP contribution in [-0.2, 0) is 4.79 Å². The number of nitrogens with one attached hydrogen (secondary N) is 1. The van der Waals surface area contributed by atoms with Crippen LogP contribution in [0.1, 0.15) is 30.6 Å². The monoisotopic (exact) mass is 217 g/mol. The molecule has 1 aliphatic rings. The highest BCUT2D eigenvalue weighted by Gasteiger charge is 2.39. The Hall–Kier alpha value is -1.64. The molecule has 1 aromatic carbocycles. The lowest BCUT2D eigenvalue weighted by molar-refractivity contribution is -0.114. The van der Waals surface area contributed by atoms with E-state index in [0.29, 0.717) is 5.92 Å². The van der Waals surface area contributed by atoms with Gasteiger partial charge in [-0.3, -0.25) is 9.59 Å². The molecule has 3 nitrogen and oxygen atoms in total. The van der Waals surface area contributed by atoms with Crippen molar-refractivity contribution in [2.24, 2.45) is 11.8 Å². The van der Waals surface area contributed by atoms with E-state index < -0.39 is 0 Å². The van der Waals surface area contributed by atoms with Crippen molar-refractivity contribution in [2.45, 2.75) is 20.3 Å². The summed E-state index contributed by atoms with van der Waals surface area (Å²) in [6.07, 6.45) is 1.01. The molecule has 1 amide bonds. The number of carbonyl (C=O) groups excluding carboxylic acids is 2. The van der Waals surface area contributed by atoms with Gasteiger partial charge in [0, 0.05) is 24.1 Å². The Balaban J connectivity index is 2.07. The molecule has 0 saturated heterocycles. The number of hydrogen-bond donors (Lipinski definition) is 1. The molecule has 3 heteroatoms. The van der Waals surface area contributed by atoms with Gasteiger partial charge in [0.15, 0.2) is 5.78 Å². The van der Waals surface area contributed by atoms with Gasteiger partial charge in [-0.1, -0.05) is 6.92 Å². The maximum atomic E-state index is 11.9. The van der Waals surface area contributed by atoms with Crippen LogP contribution in [0.2, 0.25) is 0 Å². The normalized spacial score (nSPS) is 22.6. The minimum Gasteiger partial charge on any atom is -0.326 e. The number of hydrogen-bond acceptors (Lipinski definition) is 2. The first kappa shape index (κ1) is 10.9. The predicted octanol–water partition coefficient (Wildman–Crippen LogP) is 2.48. The maximum absolute atomic E-state index is 11.9. The van der Waals surface area contributed by atoms with Crippen LogP contribution >= 0.6 is 0 Å². The summed E-state index contributed by atoms with van der Waals surface area (Å²) in [7, 11) is 0. The average molecular weight is 217 g/mol. The van der Waals surface area contributed by atoms with Gasteiger partial charge in [-0.2, -0.15) is 0 Å². The molecule has 0 spiro atoms. The molecule has 84 valence electrons. The summed E-state index contributed by atoms with van der Waals surface area (Å²) in [4.78, 5) is 22.7. The summed E-state index contributed by atoms with van der Waals surface area (Å²) in [5, 5.41) is 2.67. The number of benzene rings is 1. The van der Waals surface area contributed by atoms with Crippen molar-refractivity contribution in [3.63, 3.8) is 0 Å². The van der Waals surface area contributed by atoms with Crippen LogP contribution in [0.5, 0.6) is 0 Å². The van der Waals surface area contributed by atoms with E-state index in [-0.39, 0.29) is 17.6 Å².